The summed E-state index contributed by atoms with van der Waals surface area (Å²) in [7, 11) is 1.70. The Morgan fingerprint density at radius 1 is 1.20 bits per heavy atom. The van der Waals surface area contributed by atoms with Crippen LogP contribution in [-0.4, -0.2) is 39.6 Å². The van der Waals surface area contributed by atoms with Gasteiger partial charge in [-0.2, -0.15) is 0 Å². The molecule has 0 aliphatic heterocycles. The Morgan fingerprint density at radius 2 is 2.00 bits per heavy atom. The fraction of sp³-hybridized carbons (Fsp3) is 0.600. The van der Waals surface area contributed by atoms with Gasteiger partial charge >= 0.3 is 0 Å². The first-order chi connectivity index (χ1) is 9.65. The molecule has 0 fully saturated rings. The molecule has 0 aliphatic carbocycles. The smallest absolute Gasteiger partial charge is 0.138 e. The van der Waals surface area contributed by atoms with Gasteiger partial charge in [-0.05, 0) is 35.8 Å². The van der Waals surface area contributed by atoms with Crippen LogP contribution in [0, 0.1) is 0 Å². The largest absolute Gasteiger partial charge is 0.490 e. The number of nitrogens with one attached hydrogen (secondary N) is 1. The molecule has 20 heavy (non-hydrogen) atoms. The van der Waals surface area contributed by atoms with Crippen molar-refractivity contribution in [2.24, 2.45) is 0 Å². The Bertz CT molecular complexity index is 385. The van der Waals surface area contributed by atoms with Gasteiger partial charge < -0.3 is 19.5 Å². The third kappa shape index (κ3) is 6.70. The quantitative estimate of drug-likeness (QED) is 0.661. The Hall–Kier alpha value is -0.620. The molecule has 0 aromatic heterocycles. The molecule has 1 aromatic carbocycles. The molecule has 0 amide bonds. The molecule has 0 heterocycles. The molecular formula is C15H24BrNO3. The summed E-state index contributed by atoms with van der Waals surface area (Å²) < 4.78 is 17.3. The highest BCUT2D eigenvalue weighted by Crippen LogP contribution is 2.29. The van der Waals surface area contributed by atoms with Gasteiger partial charge in [0.15, 0.2) is 0 Å². The summed E-state index contributed by atoms with van der Waals surface area (Å²) >= 11 is 3.53. The number of rotatable bonds is 10. The van der Waals surface area contributed by atoms with E-state index in [9.17, 15) is 0 Å². The second-order valence-corrected chi connectivity index (χ2v) is 5.52. The maximum absolute atomic E-state index is 5.83. The minimum atomic E-state index is 0.230. The van der Waals surface area contributed by atoms with Crippen LogP contribution in [0.1, 0.15) is 19.4 Å². The van der Waals surface area contributed by atoms with Crippen molar-refractivity contribution in [2.75, 3.05) is 33.5 Å². The molecule has 0 saturated carbocycles. The molecule has 0 bridgehead atoms. The Balaban J connectivity index is 2.49. The topological polar surface area (TPSA) is 39.7 Å². The van der Waals surface area contributed by atoms with Gasteiger partial charge in [0.05, 0.1) is 23.8 Å². The number of para-hydroxylation sites is 1. The van der Waals surface area contributed by atoms with Crippen LogP contribution in [0.2, 0.25) is 0 Å². The van der Waals surface area contributed by atoms with Crippen molar-refractivity contribution in [2.45, 2.75) is 26.5 Å². The lowest BCUT2D eigenvalue weighted by Gasteiger charge is -2.15. The van der Waals surface area contributed by atoms with Crippen LogP contribution in [0.4, 0.5) is 0 Å². The zero-order valence-corrected chi connectivity index (χ0v) is 14.0. The van der Waals surface area contributed by atoms with Gasteiger partial charge in [-0.1, -0.05) is 12.1 Å². The average molecular weight is 346 g/mol. The summed E-state index contributed by atoms with van der Waals surface area (Å²) in [6.45, 7) is 7.45. The van der Waals surface area contributed by atoms with E-state index in [2.05, 4.69) is 27.3 Å². The number of benzene rings is 1. The van der Waals surface area contributed by atoms with Crippen LogP contribution in [-0.2, 0) is 16.0 Å². The van der Waals surface area contributed by atoms with E-state index in [1.54, 1.807) is 7.11 Å². The SMILES string of the molecule is COCCNCc1cccc(Br)c1OCCOC(C)C. The summed E-state index contributed by atoms with van der Waals surface area (Å²) in [6, 6.07) is 6.05. The lowest BCUT2D eigenvalue weighted by molar-refractivity contribution is 0.0549. The monoisotopic (exact) mass is 345 g/mol. The van der Waals surface area contributed by atoms with Gasteiger partial charge in [-0.15, -0.1) is 0 Å². The van der Waals surface area contributed by atoms with Crippen molar-refractivity contribution in [3.8, 4) is 5.75 Å². The summed E-state index contributed by atoms with van der Waals surface area (Å²) in [4.78, 5) is 0. The predicted molar refractivity (Wildman–Crippen MR) is 84.3 cm³/mol. The maximum Gasteiger partial charge on any atom is 0.138 e. The van der Waals surface area contributed by atoms with E-state index in [0.717, 1.165) is 28.9 Å². The number of hydrogen-bond acceptors (Lipinski definition) is 4. The van der Waals surface area contributed by atoms with Crippen molar-refractivity contribution in [1.82, 2.24) is 5.32 Å². The van der Waals surface area contributed by atoms with Crippen LogP contribution in [0.15, 0.2) is 22.7 Å². The minimum absolute atomic E-state index is 0.230. The second kappa shape index (κ2) is 10.2. The van der Waals surface area contributed by atoms with Crippen molar-refractivity contribution in [3.05, 3.63) is 28.2 Å². The van der Waals surface area contributed by atoms with E-state index < -0.39 is 0 Å². The second-order valence-electron chi connectivity index (χ2n) is 4.67. The van der Waals surface area contributed by atoms with Gasteiger partial charge in [0.25, 0.3) is 0 Å². The summed E-state index contributed by atoms with van der Waals surface area (Å²) in [6.07, 6.45) is 0.230. The average Bonchev–Trinajstić information content (AvgIpc) is 2.41. The van der Waals surface area contributed by atoms with Gasteiger partial charge in [0.1, 0.15) is 12.4 Å². The van der Waals surface area contributed by atoms with Crippen LogP contribution in [0.3, 0.4) is 0 Å². The zero-order chi connectivity index (χ0) is 14.8. The Labute approximate surface area is 129 Å². The van der Waals surface area contributed by atoms with Gasteiger partial charge in [0.2, 0.25) is 0 Å². The highest BCUT2D eigenvalue weighted by molar-refractivity contribution is 9.10. The number of ether oxygens (including phenoxy) is 3. The first-order valence-corrected chi connectivity index (χ1v) is 7.66. The van der Waals surface area contributed by atoms with E-state index in [0.29, 0.717) is 19.8 Å². The van der Waals surface area contributed by atoms with Crippen molar-refractivity contribution >= 4 is 15.9 Å². The predicted octanol–water partition coefficient (Wildman–Crippen LogP) is 2.99. The molecule has 5 heteroatoms. The molecule has 1 aromatic rings. The number of hydrogen-bond donors (Lipinski definition) is 1. The van der Waals surface area contributed by atoms with E-state index >= 15 is 0 Å². The summed E-state index contributed by atoms with van der Waals surface area (Å²) in [5, 5.41) is 3.32. The van der Waals surface area contributed by atoms with Crippen molar-refractivity contribution in [1.29, 1.82) is 0 Å². The van der Waals surface area contributed by atoms with Crippen LogP contribution < -0.4 is 10.1 Å². The lowest BCUT2D eigenvalue weighted by Crippen LogP contribution is -2.19. The fourth-order valence-corrected chi connectivity index (χ4v) is 2.20. The Kier molecular flexibility index (Phi) is 8.85. The highest BCUT2D eigenvalue weighted by atomic mass is 79.9. The van der Waals surface area contributed by atoms with Crippen molar-refractivity contribution in [3.63, 3.8) is 0 Å². The summed E-state index contributed by atoms with van der Waals surface area (Å²) in [5.41, 5.74) is 1.13. The number of halogens is 1. The third-order valence-electron chi connectivity index (χ3n) is 2.63. The van der Waals surface area contributed by atoms with Crippen molar-refractivity contribution < 1.29 is 14.2 Å². The molecule has 1 N–H and O–H groups in total. The molecule has 114 valence electrons. The molecule has 4 nitrogen and oxygen atoms in total. The molecule has 0 unspecified atom stereocenters. The van der Waals surface area contributed by atoms with Gasteiger partial charge in [0, 0.05) is 25.8 Å². The first-order valence-electron chi connectivity index (χ1n) is 6.86. The summed E-state index contributed by atoms with van der Waals surface area (Å²) in [5.74, 6) is 0.879. The lowest BCUT2D eigenvalue weighted by atomic mass is 10.2. The van der Waals surface area contributed by atoms with E-state index in [-0.39, 0.29) is 6.10 Å². The fourth-order valence-electron chi connectivity index (χ4n) is 1.68. The number of methoxy groups -OCH3 is 1. The first kappa shape index (κ1) is 17.4. The van der Waals surface area contributed by atoms with Crippen LogP contribution in [0.5, 0.6) is 5.75 Å². The van der Waals surface area contributed by atoms with E-state index in [1.807, 2.05) is 26.0 Å². The van der Waals surface area contributed by atoms with Crippen LogP contribution >= 0.6 is 15.9 Å². The maximum atomic E-state index is 5.83. The molecular weight excluding hydrogens is 322 g/mol. The van der Waals surface area contributed by atoms with E-state index in [4.69, 9.17) is 14.2 Å². The zero-order valence-electron chi connectivity index (χ0n) is 12.4. The van der Waals surface area contributed by atoms with Gasteiger partial charge in [-0.25, -0.2) is 0 Å². The molecule has 0 radical (unpaired) electrons. The third-order valence-corrected chi connectivity index (χ3v) is 3.25. The standard InChI is InChI=1S/C15H24BrNO3/c1-12(2)19-9-10-20-15-13(5-4-6-14(15)16)11-17-7-8-18-3/h4-6,12,17H,7-11H2,1-3H3. The molecule has 0 aliphatic rings. The Morgan fingerprint density at radius 3 is 2.70 bits per heavy atom. The van der Waals surface area contributed by atoms with Crippen LogP contribution in [0.25, 0.3) is 0 Å². The highest BCUT2D eigenvalue weighted by Gasteiger charge is 2.08. The normalized spacial score (nSPS) is 11.1. The van der Waals surface area contributed by atoms with E-state index in [1.165, 1.54) is 0 Å². The molecule has 0 saturated heterocycles. The molecule has 0 spiro atoms. The molecule has 1 rings (SSSR count). The minimum Gasteiger partial charge on any atom is -0.490 e. The molecule has 0 atom stereocenters. The van der Waals surface area contributed by atoms with Gasteiger partial charge in [-0.3, -0.25) is 0 Å².